The van der Waals surface area contributed by atoms with Crippen LogP contribution in [0.4, 0.5) is 4.79 Å². The van der Waals surface area contributed by atoms with Gasteiger partial charge in [0, 0.05) is 23.9 Å². The monoisotopic (exact) mass is 236 g/mol. The Labute approximate surface area is 97.3 Å². The highest BCUT2D eigenvalue weighted by molar-refractivity contribution is 5.85. The van der Waals surface area contributed by atoms with Gasteiger partial charge in [0.2, 0.25) is 0 Å². The van der Waals surface area contributed by atoms with E-state index < -0.39 is 0 Å². The Bertz CT molecular complexity index is 228. The summed E-state index contributed by atoms with van der Waals surface area (Å²) >= 11 is 0. The van der Waals surface area contributed by atoms with Gasteiger partial charge in [-0.1, -0.05) is 0 Å². The molecule has 0 aromatic carbocycles. The first kappa shape index (κ1) is 14.5. The summed E-state index contributed by atoms with van der Waals surface area (Å²) in [6.45, 7) is 7.72. The highest BCUT2D eigenvalue weighted by Crippen LogP contribution is 2.31. The number of carbonyl (C=O) groups is 1. The van der Waals surface area contributed by atoms with Gasteiger partial charge in [0.15, 0.2) is 0 Å². The van der Waals surface area contributed by atoms with Crippen LogP contribution in [-0.2, 0) is 4.74 Å². The topological polar surface area (TPSA) is 64.3 Å². The molecule has 0 atom stereocenters. The number of nitrogens with one attached hydrogen (secondary N) is 1. The summed E-state index contributed by atoms with van der Waals surface area (Å²) < 4.78 is 5.17. The highest BCUT2D eigenvalue weighted by Gasteiger charge is 2.39. The molecular formula is C10H21ClN2O2. The predicted molar refractivity (Wildman–Crippen MR) is 62.2 cm³/mol. The summed E-state index contributed by atoms with van der Waals surface area (Å²) in [5, 5.41) is 2.74. The van der Waals surface area contributed by atoms with Crippen molar-refractivity contribution in [3.63, 3.8) is 0 Å². The van der Waals surface area contributed by atoms with Crippen molar-refractivity contribution in [2.75, 3.05) is 0 Å². The number of rotatable bonds is 1. The lowest BCUT2D eigenvalue weighted by Crippen LogP contribution is -2.54. The van der Waals surface area contributed by atoms with Crippen LogP contribution in [0.5, 0.6) is 0 Å². The van der Waals surface area contributed by atoms with Gasteiger partial charge in [-0.25, -0.2) is 4.79 Å². The minimum Gasteiger partial charge on any atom is -0.446 e. The van der Waals surface area contributed by atoms with E-state index in [1.54, 1.807) is 0 Å². The fraction of sp³-hybridized carbons (Fsp3) is 0.900. The number of amides is 1. The second kappa shape index (κ2) is 4.58. The predicted octanol–water partition coefficient (Wildman–Crippen LogP) is 1.81. The largest absolute Gasteiger partial charge is 0.446 e. The van der Waals surface area contributed by atoms with Crippen molar-refractivity contribution in [1.29, 1.82) is 0 Å². The molecule has 0 radical (unpaired) electrons. The van der Waals surface area contributed by atoms with Gasteiger partial charge in [-0.05, 0) is 27.7 Å². The first-order valence-corrected chi connectivity index (χ1v) is 4.96. The van der Waals surface area contributed by atoms with Crippen LogP contribution in [0, 0.1) is 0 Å². The van der Waals surface area contributed by atoms with Crippen LogP contribution in [0.15, 0.2) is 0 Å². The number of nitrogens with two attached hydrogens (primary N) is 1. The maximum absolute atomic E-state index is 11.3. The number of hydrogen-bond acceptors (Lipinski definition) is 3. The molecule has 3 N–H and O–H groups in total. The molecule has 1 saturated carbocycles. The minimum absolute atomic E-state index is 0. The molecule has 15 heavy (non-hydrogen) atoms. The molecule has 0 aliphatic heterocycles. The quantitative estimate of drug-likeness (QED) is 0.730. The Hall–Kier alpha value is -0.480. The number of halogens is 1. The van der Waals surface area contributed by atoms with E-state index in [9.17, 15) is 4.79 Å². The van der Waals surface area contributed by atoms with Gasteiger partial charge in [0.25, 0.3) is 0 Å². The summed E-state index contributed by atoms with van der Waals surface area (Å²) in [5.74, 6) is 0. The molecule has 0 bridgehead atoms. The van der Waals surface area contributed by atoms with E-state index in [2.05, 4.69) is 5.32 Å². The lowest BCUT2D eigenvalue weighted by atomic mass is 9.77. The second-order valence-electron chi connectivity index (χ2n) is 5.46. The molecule has 5 heteroatoms. The SMILES string of the molecule is CC1(N)CC(OC(=O)NC(C)(C)C)C1.Cl. The second-order valence-corrected chi connectivity index (χ2v) is 5.46. The lowest BCUT2D eigenvalue weighted by molar-refractivity contribution is 0.00715. The zero-order chi connectivity index (χ0) is 11.0. The average Bonchev–Trinajstić information content (AvgIpc) is 1.76. The van der Waals surface area contributed by atoms with Crippen LogP contribution in [0.25, 0.3) is 0 Å². The van der Waals surface area contributed by atoms with Crippen LogP contribution in [0.1, 0.15) is 40.5 Å². The van der Waals surface area contributed by atoms with Gasteiger partial charge in [0.1, 0.15) is 6.10 Å². The summed E-state index contributed by atoms with van der Waals surface area (Å²) in [4.78, 5) is 11.3. The Morgan fingerprint density at radius 2 is 1.93 bits per heavy atom. The molecule has 1 aliphatic rings. The van der Waals surface area contributed by atoms with E-state index in [1.807, 2.05) is 27.7 Å². The normalized spacial score (nSPS) is 29.8. The zero-order valence-corrected chi connectivity index (χ0v) is 10.6. The third-order valence-electron chi connectivity index (χ3n) is 2.14. The van der Waals surface area contributed by atoms with Crippen molar-refractivity contribution < 1.29 is 9.53 Å². The van der Waals surface area contributed by atoms with Crippen molar-refractivity contribution in [2.24, 2.45) is 5.73 Å². The first-order valence-electron chi connectivity index (χ1n) is 4.96. The molecule has 4 nitrogen and oxygen atoms in total. The van der Waals surface area contributed by atoms with Crippen LogP contribution in [0.3, 0.4) is 0 Å². The Kier molecular flexibility index (Phi) is 4.43. The Morgan fingerprint density at radius 3 is 2.27 bits per heavy atom. The molecule has 0 aromatic heterocycles. The fourth-order valence-electron chi connectivity index (χ4n) is 1.55. The van der Waals surface area contributed by atoms with Crippen LogP contribution in [0.2, 0.25) is 0 Å². The van der Waals surface area contributed by atoms with Crippen molar-refractivity contribution in [2.45, 2.75) is 57.7 Å². The molecule has 1 amide bonds. The van der Waals surface area contributed by atoms with Crippen LogP contribution < -0.4 is 11.1 Å². The summed E-state index contributed by atoms with van der Waals surface area (Å²) in [7, 11) is 0. The van der Waals surface area contributed by atoms with Crippen molar-refractivity contribution in [1.82, 2.24) is 5.32 Å². The first-order chi connectivity index (χ1) is 6.18. The van der Waals surface area contributed by atoms with E-state index in [1.165, 1.54) is 0 Å². The van der Waals surface area contributed by atoms with E-state index >= 15 is 0 Å². The van der Waals surface area contributed by atoms with E-state index in [4.69, 9.17) is 10.5 Å². The molecule has 1 fully saturated rings. The van der Waals surface area contributed by atoms with E-state index in [0.29, 0.717) is 0 Å². The van der Waals surface area contributed by atoms with Crippen molar-refractivity contribution in [3.05, 3.63) is 0 Å². The van der Waals surface area contributed by atoms with Gasteiger partial charge in [-0.3, -0.25) is 0 Å². The van der Waals surface area contributed by atoms with Crippen molar-refractivity contribution in [3.8, 4) is 0 Å². The summed E-state index contributed by atoms with van der Waals surface area (Å²) in [6.07, 6.45) is 1.15. The third kappa shape index (κ3) is 5.23. The molecule has 1 aliphatic carbocycles. The highest BCUT2D eigenvalue weighted by atomic mass is 35.5. The van der Waals surface area contributed by atoms with Gasteiger partial charge in [0.05, 0.1) is 0 Å². The average molecular weight is 237 g/mol. The third-order valence-corrected chi connectivity index (χ3v) is 2.14. The van der Waals surface area contributed by atoms with Gasteiger partial charge < -0.3 is 15.8 Å². The van der Waals surface area contributed by atoms with Gasteiger partial charge in [-0.15, -0.1) is 12.4 Å². The van der Waals surface area contributed by atoms with Gasteiger partial charge in [-0.2, -0.15) is 0 Å². The molecule has 0 unspecified atom stereocenters. The van der Waals surface area contributed by atoms with E-state index in [-0.39, 0.29) is 35.7 Å². The van der Waals surface area contributed by atoms with Crippen LogP contribution in [-0.4, -0.2) is 23.3 Å². The molecule has 0 saturated heterocycles. The van der Waals surface area contributed by atoms with Gasteiger partial charge >= 0.3 is 6.09 Å². The molecule has 0 spiro atoms. The maximum Gasteiger partial charge on any atom is 0.407 e. The number of alkyl carbamates (subject to hydrolysis) is 1. The number of hydrogen-bond donors (Lipinski definition) is 2. The smallest absolute Gasteiger partial charge is 0.407 e. The maximum atomic E-state index is 11.3. The number of carbonyl (C=O) groups excluding carboxylic acids is 1. The zero-order valence-electron chi connectivity index (χ0n) is 9.79. The van der Waals surface area contributed by atoms with Crippen molar-refractivity contribution >= 4 is 18.5 Å². The Balaban J connectivity index is 0.00000196. The standard InChI is InChI=1S/C10H20N2O2.ClH/c1-9(2,3)12-8(13)14-7-5-10(4,11)6-7;/h7H,5-6,11H2,1-4H3,(H,12,13);1H. The van der Waals surface area contributed by atoms with E-state index in [0.717, 1.165) is 12.8 Å². The fourth-order valence-corrected chi connectivity index (χ4v) is 1.55. The summed E-state index contributed by atoms with van der Waals surface area (Å²) in [6, 6.07) is 0. The molecule has 90 valence electrons. The lowest BCUT2D eigenvalue weighted by Gasteiger charge is -2.41. The molecule has 0 heterocycles. The Morgan fingerprint density at radius 1 is 1.47 bits per heavy atom. The van der Waals surface area contributed by atoms with Crippen LogP contribution >= 0.6 is 12.4 Å². The minimum atomic E-state index is -0.349. The molecule has 1 rings (SSSR count). The molecular weight excluding hydrogens is 216 g/mol. The number of ether oxygens (including phenoxy) is 1. The molecule has 0 aromatic rings. The summed E-state index contributed by atoms with van der Waals surface area (Å²) in [5.41, 5.74) is 5.41.